The Hall–Kier alpha value is -1.25. The van der Waals surface area contributed by atoms with E-state index >= 15 is 0 Å². The average Bonchev–Trinajstić information content (AvgIpc) is 2.30. The van der Waals surface area contributed by atoms with E-state index in [1.165, 1.54) is 0 Å². The maximum Gasteiger partial charge on any atom is 0.0522 e. The van der Waals surface area contributed by atoms with E-state index in [1.807, 2.05) is 36.4 Å². The molecule has 0 saturated carbocycles. The first-order chi connectivity index (χ1) is 7.27. The molecule has 0 fully saturated rings. The Balaban J connectivity index is 2.33. The summed E-state index contributed by atoms with van der Waals surface area (Å²) in [6, 6.07) is 11.3. The Morgan fingerprint density at radius 2 is 1.47 bits per heavy atom. The van der Waals surface area contributed by atoms with Crippen LogP contribution in [0.5, 0.6) is 0 Å². The second-order valence-corrected chi connectivity index (χ2v) is 3.92. The van der Waals surface area contributed by atoms with Crippen molar-refractivity contribution in [3.05, 3.63) is 64.9 Å². The summed E-state index contributed by atoms with van der Waals surface area (Å²) in [4.78, 5) is 4.77. The van der Waals surface area contributed by atoms with Crippen LogP contribution in [-0.4, -0.2) is 9.85 Å². The summed E-state index contributed by atoms with van der Waals surface area (Å²) in [6.45, 7) is 0. The zero-order valence-corrected chi connectivity index (χ0v) is 9.42. The molecule has 0 amide bonds. The zero-order chi connectivity index (χ0) is 10.7. The highest BCUT2D eigenvalue weighted by atomic mass is 35.5. The van der Waals surface area contributed by atoms with Crippen LogP contribution in [0.3, 0.4) is 0 Å². The van der Waals surface area contributed by atoms with Crippen LogP contribution in [0.25, 0.3) is 0 Å². The smallest absolute Gasteiger partial charge is 0.0522 e. The van der Waals surface area contributed by atoms with E-state index < -0.39 is 0 Å². The molecule has 0 atom stereocenters. The molecule has 1 aromatic heterocycles. The second-order valence-electron chi connectivity index (χ2n) is 3.07. The molecule has 1 aromatic carbocycles. The molecule has 0 bridgehead atoms. The van der Waals surface area contributed by atoms with Crippen LogP contribution in [0.15, 0.2) is 48.8 Å². The fourth-order valence-corrected chi connectivity index (χ4v) is 1.67. The molecular formula is C12H8ClNS. The third-order valence-electron chi connectivity index (χ3n) is 2.05. The molecule has 3 heteroatoms. The average molecular weight is 234 g/mol. The van der Waals surface area contributed by atoms with Gasteiger partial charge in [0.1, 0.15) is 0 Å². The van der Waals surface area contributed by atoms with Gasteiger partial charge in [0, 0.05) is 17.4 Å². The predicted molar refractivity (Wildman–Crippen MR) is 66.5 cm³/mol. The summed E-state index contributed by atoms with van der Waals surface area (Å²) in [5.41, 5.74) is 2.00. The minimum absolute atomic E-state index is 0.719. The Kier molecular flexibility index (Phi) is 3.09. The van der Waals surface area contributed by atoms with Crippen molar-refractivity contribution in [1.29, 1.82) is 0 Å². The normalized spacial score (nSPS) is 9.93. The maximum atomic E-state index is 5.81. The molecule has 0 unspecified atom stereocenters. The molecule has 2 rings (SSSR count). The molecule has 0 aliphatic carbocycles. The van der Waals surface area contributed by atoms with Crippen molar-refractivity contribution in [3.8, 4) is 0 Å². The lowest BCUT2D eigenvalue weighted by atomic mass is 10.1. The molecular weight excluding hydrogens is 226 g/mol. The van der Waals surface area contributed by atoms with Crippen molar-refractivity contribution in [2.24, 2.45) is 0 Å². The van der Waals surface area contributed by atoms with Gasteiger partial charge in [0.05, 0.1) is 4.86 Å². The van der Waals surface area contributed by atoms with E-state index in [9.17, 15) is 0 Å². The number of benzene rings is 1. The lowest BCUT2D eigenvalue weighted by molar-refractivity contribution is 1.32. The molecule has 74 valence electrons. The van der Waals surface area contributed by atoms with E-state index in [0.717, 1.165) is 21.0 Å². The minimum Gasteiger partial charge on any atom is -0.265 e. The van der Waals surface area contributed by atoms with Gasteiger partial charge < -0.3 is 0 Å². The standard InChI is InChI=1S/C12H8ClNS/c13-11-3-1-9(2-4-11)12(15)10-5-7-14-8-6-10/h1-8H. The Labute approximate surface area is 98.7 Å². The maximum absolute atomic E-state index is 5.81. The highest BCUT2D eigenvalue weighted by molar-refractivity contribution is 7.81. The van der Waals surface area contributed by atoms with E-state index in [4.69, 9.17) is 23.8 Å². The number of rotatable bonds is 2. The third-order valence-corrected chi connectivity index (χ3v) is 2.77. The fraction of sp³-hybridized carbons (Fsp3) is 0. The predicted octanol–water partition coefficient (Wildman–Crippen LogP) is 3.50. The molecule has 2 aromatic rings. The minimum atomic E-state index is 0.719. The van der Waals surface area contributed by atoms with Crippen molar-refractivity contribution in [3.63, 3.8) is 0 Å². The van der Waals surface area contributed by atoms with Gasteiger partial charge in [-0.2, -0.15) is 0 Å². The SMILES string of the molecule is S=C(c1ccncc1)c1ccc(Cl)cc1. The van der Waals surface area contributed by atoms with Gasteiger partial charge in [0.2, 0.25) is 0 Å². The van der Waals surface area contributed by atoms with Crippen LogP contribution in [-0.2, 0) is 0 Å². The number of hydrogen-bond acceptors (Lipinski definition) is 2. The Bertz CT molecular complexity index is 465. The van der Waals surface area contributed by atoms with Crippen LogP contribution < -0.4 is 0 Å². The largest absolute Gasteiger partial charge is 0.265 e. The van der Waals surface area contributed by atoms with E-state index in [1.54, 1.807) is 12.4 Å². The number of hydrogen-bond donors (Lipinski definition) is 0. The summed E-state index contributed by atoms with van der Waals surface area (Å²) >= 11 is 11.2. The molecule has 0 spiro atoms. The van der Waals surface area contributed by atoms with Gasteiger partial charge in [-0.3, -0.25) is 4.98 Å². The third kappa shape index (κ3) is 2.41. The second kappa shape index (κ2) is 4.51. The van der Waals surface area contributed by atoms with Gasteiger partial charge in [-0.05, 0) is 35.4 Å². The van der Waals surface area contributed by atoms with E-state index in [-0.39, 0.29) is 0 Å². The highest BCUT2D eigenvalue weighted by Crippen LogP contribution is 2.14. The molecule has 0 radical (unpaired) electrons. The lowest BCUT2D eigenvalue weighted by Gasteiger charge is -2.03. The van der Waals surface area contributed by atoms with Gasteiger partial charge in [0.15, 0.2) is 0 Å². The van der Waals surface area contributed by atoms with Crippen LogP contribution in [0.4, 0.5) is 0 Å². The molecule has 0 aliphatic heterocycles. The highest BCUT2D eigenvalue weighted by Gasteiger charge is 2.03. The molecule has 0 aliphatic rings. The fourth-order valence-electron chi connectivity index (χ4n) is 1.27. The van der Waals surface area contributed by atoms with E-state index in [0.29, 0.717) is 0 Å². The zero-order valence-electron chi connectivity index (χ0n) is 7.85. The molecule has 1 nitrogen and oxygen atoms in total. The van der Waals surface area contributed by atoms with Crippen LogP contribution >= 0.6 is 23.8 Å². The van der Waals surface area contributed by atoms with Crippen LogP contribution in [0.2, 0.25) is 5.02 Å². The Morgan fingerprint density at radius 3 is 2.07 bits per heavy atom. The first-order valence-corrected chi connectivity index (χ1v) is 5.26. The number of pyridine rings is 1. The first kappa shape index (κ1) is 10.3. The van der Waals surface area contributed by atoms with Crippen molar-refractivity contribution in [2.75, 3.05) is 0 Å². The summed E-state index contributed by atoms with van der Waals surface area (Å²) < 4.78 is 0. The van der Waals surface area contributed by atoms with E-state index in [2.05, 4.69) is 4.98 Å². The first-order valence-electron chi connectivity index (χ1n) is 4.47. The quantitative estimate of drug-likeness (QED) is 0.582. The number of thiocarbonyl (C=S) groups is 1. The van der Waals surface area contributed by atoms with Gasteiger partial charge in [0.25, 0.3) is 0 Å². The molecule has 0 N–H and O–H groups in total. The molecule has 1 heterocycles. The topological polar surface area (TPSA) is 12.9 Å². The summed E-state index contributed by atoms with van der Waals surface area (Å²) in [5.74, 6) is 0. The van der Waals surface area contributed by atoms with Crippen molar-refractivity contribution < 1.29 is 0 Å². The van der Waals surface area contributed by atoms with Crippen molar-refractivity contribution >= 4 is 28.7 Å². The van der Waals surface area contributed by atoms with Gasteiger partial charge in [-0.15, -0.1) is 0 Å². The summed E-state index contributed by atoms with van der Waals surface area (Å²) in [5, 5.41) is 0.719. The van der Waals surface area contributed by atoms with Crippen LogP contribution in [0.1, 0.15) is 11.1 Å². The van der Waals surface area contributed by atoms with Gasteiger partial charge in [-0.1, -0.05) is 36.0 Å². The number of aromatic nitrogens is 1. The van der Waals surface area contributed by atoms with Gasteiger partial charge in [-0.25, -0.2) is 0 Å². The Morgan fingerprint density at radius 1 is 0.933 bits per heavy atom. The number of halogens is 1. The van der Waals surface area contributed by atoms with Crippen molar-refractivity contribution in [1.82, 2.24) is 4.98 Å². The summed E-state index contributed by atoms with van der Waals surface area (Å²) in [7, 11) is 0. The van der Waals surface area contributed by atoms with Crippen molar-refractivity contribution in [2.45, 2.75) is 0 Å². The number of nitrogens with zero attached hydrogens (tertiary/aromatic N) is 1. The summed E-state index contributed by atoms with van der Waals surface area (Å²) in [6.07, 6.45) is 3.47. The molecule has 0 saturated heterocycles. The lowest BCUT2D eigenvalue weighted by Crippen LogP contribution is -1.98. The monoisotopic (exact) mass is 233 g/mol. The molecule has 15 heavy (non-hydrogen) atoms. The van der Waals surface area contributed by atoms with Crippen LogP contribution in [0, 0.1) is 0 Å². The van der Waals surface area contributed by atoms with Gasteiger partial charge >= 0.3 is 0 Å².